The van der Waals surface area contributed by atoms with Crippen LogP contribution in [0.3, 0.4) is 0 Å². The molecule has 0 spiro atoms. The lowest BCUT2D eigenvalue weighted by atomic mass is 10.2. The molecule has 0 saturated heterocycles. The highest BCUT2D eigenvalue weighted by atomic mass is 32.1. The van der Waals surface area contributed by atoms with Crippen molar-refractivity contribution in [1.82, 2.24) is 14.9 Å². The number of hydrogen-bond acceptors (Lipinski definition) is 6. The van der Waals surface area contributed by atoms with Crippen molar-refractivity contribution in [1.29, 1.82) is 0 Å². The SMILES string of the molecule is Cc1ncsc1CN(C)C(=O)c1ccncc1NN. The number of thiazole rings is 1. The molecule has 6 nitrogen and oxygen atoms in total. The van der Waals surface area contributed by atoms with E-state index in [4.69, 9.17) is 5.84 Å². The Balaban J connectivity index is 2.17. The second kappa shape index (κ2) is 5.77. The predicted octanol–water partition coefficient (Wildman–Crippen LogP) is 1.40. The summed E-state index contributed by atoms with van der Waals surface area (Å²) >= 11 is 1.54. The number of hydrogen-bond donors (Lipinski definition) is 2. The van der Waals surface area contributed by atoms with E-state index in [-0.39, 0.29) is 5.91 Å². The molecular formula is C12H15N5OS. The summed E-state index contributed by atoms with van der Waals surface area (Å²) in [5.74, 6) is 5.27. The van der Waals surface area contributed by atoms with E-state index in [1.165, 1.54) is 6.20 Å². The summed E-state index contributed by atoms with van der Waals surface area (Å²) in [6.45, 7) is 2.46. The van der Waals surface area contributed by atoms with Crippen LogP contribution in [0.15, 0.2) is 24.0 Å². The molecule has 2 rings (SSSR count). The van der Waals surface area contributed by atoms with Crippen LogP contribution in [0, 0.1) is 6.92 Å². The first-order valence-electron chi connectivity index (χ1n) is 5.68. The molecule has 2 heterocycles. The van der Waals surface area contributed by atoms with Crippen molar-refractivity contribution in [3.8, 4) is 0 Å². The highest BCUT2D eigenvalue weighted by Crippen LogP contribution is 2.18. The number of pyridine rings is 1. The highest BCUT2D eigenvalue weighted by molar-refractivity contribution is 7.09. The summed E-state index contributed by atoms with van der Waals surface area (Å²) in [6.07, 6.45) is 3.10. The Hall–Kier alpha value is -1.99. The summed E-state index contributed by atoms with van der Waals surface area (Å²) in [5.41, 5.74) is 6.23. The first kappa shape index (κ1) is 13.4. The Bertz CT molecular complexity index is 583. The number of aromatic nitrogens is 2. The Morgan fingerprint density at radius 3 is 3.00 bits per heavy atom. The van der Waals surface area contributed by atoms with E-state index in [9.17, 15) is 4.79 Å². The average molecular weight is 277 g/mol. The molecule has 0 aliphatic rings. The van der Waals surface area contributed by atoms with Crippen LogP contribution in [0.2, 0.25) is 0 Å². The number of amides is 1. The smallest absolute Gasteiger partial charge is 0.256 e. The number of carbonyl (C=O) groups is 1. The number of nitrogens with two attached hydrogens (primary N) is 1. The Morgan fingerprint density at radius 2 is 2.37 bits per heavy atom. The molecule has 0 unspecified atom stereocenters. The van der Waals surface area contributed by atoms with Crippen LogP contribution in [0.5, 0.6) is 0 Å². The second-order valence-electron chi connectivity index (χ2n) is 4.09. The monoisotopic (exact) mass is 277 g/mol. The minimum absolute atomic E-state index is 0.108. The molecule has 0 aliphatic heterocycles. The Kier molecular flexibility index (Phi) is 4.08. The number of hydrazine groups is 1. The number of aryl methyl sites for hydroxylation is 1. The van der Waals surface area contributed by atoms with Gasteiger partial charge in [0.1, 0.15) is 0 Å². The maximum absolute atomic E-state index is 12.3. The number of anilines is 1. The molecule has 0 aliphatic carbocycles. The highest BCUT2D eigenvalue weighted by Gasteiger charge is 2.17. The minimum atomic E-state index is -0.108. The van der Waals surface area contributed by atoms with Gasteiger partial charge in [-0.15, -0.1) is 11.3 Å². The third-order valence-corrected chi connectivity index (χ3v) is 3.70. The molecule has 0 saturated carbocycles. The molecule has 1 amide bonds. The van der Waals surface area contributed by atoms with E-state index in [2.05, 4.69) is 15.4 Å². The van der Waals surface area contributed by atoms with Gasteiger partial charge in [0, 0.05) is 18.1 Å². The van der Waals surface area contributed by atoms with Crippen LogP contribution in [-0.4, -0.2) is 27.8 Å². The number of nitrogen functional groups attached to an aromatic ring is 1. The zero-order chi connectivity index (χ0) is 13.8. The molecule has 0 atom stereocenters. The summed E-state index contributed by atoms with van der Waals surface area (Å²) < 4.78 is 0. The predicted molar refractivity (Wildman–Crippen MR) is 74.7 cm³/mol. The van der Waals surface area contributed by atoms with Crippen LogP contribution >= 0.6 is 11.3 Å². The van der Waals surface area contributed by atoms with Crippen molar-refractivity contribution in [3.05, 3.63) is 40.1 Å². The topological polar surface area (TPSA) is 84.1 Å². The molecule has 3 N–H and O–H groups in total. The van der Waals surface area contributed by atoms with Crippen LogP contribution < -0.4 is 11.3 Å². The van der Waals surface area contributed by atoms with Gasteiger partial charge in [0.25, 0.3) is 5.91 Å². The van der Waals surface area contributed by atoms with Crippen molar-refractivity contribution in [2.45, 2.75) is 13.5 Å². The van der Waals surface area contributed by atoms with Crippen molar-refractivity contribution >= 4 is 22.9 Å². The van der Waals surface area contributed by atoms with Gasteiger partial charge in [-0.1, -0.05) is 0 Å². The van der Waals surface area contributed by atoms with Crippen LogP contribution in [0.25, 0.3) is 0 Å². The first-order chi connectivity index (χ1) is 9.13. The molecule has 100 valence electrons. The van der Waals surface area contributed by atoms with Gasteiger partial charge in [-0.05, 0) is 13.0 Å². The zero-order valence-corrected chi connectivity index (χ0v) is 11.6. The standard InChI is InChI=1S/C12H15N5OS/c1-8-11(19-7-15-8)6-17(2)12(18)9-3-4-14-5-10(9)16-13/h3-5,7,16H,6,13H2,1-2H3. The van der Waals surface area contributed by atoms with E-state index in [0.717, 1.165) is 10.6 Å². The van der Waals surface area contributed by atoms with E-state index in [1.807, 2.05) is 6.92 Å². The van der Waals surface area contributed by atoms with E-state index in [1.54, 1.807) is 41.1 Å². The van der Waals surface area contributed by atoms with E-state index < -0.39 is 0 Å². The molecule has 0 radical (unpaired) electrons. The third-order valence-electron chi connectivity index (χ3n) is 2.78. The average Bonchev–Trinajstić information content (AvgIpc) is 2.83. The fourth-order valence-corrected chi connectivity index (χ4v) is 2.50. The lowest BCUT2D eigenvalue weighted by Gasteiger charge is -2.18. The number of rotatable bonds is 4. The number of carbonyl (C=O) groups excluding carboxylic acids is 1. The maximum Gasteiger partial charge on any atom is 0.256 e. The summed E-state index contributed by atoms with van der Waals surface area (Å²) in [6, 6.07) is 1.65. The molecule has 2 aromatic heterocycles. The molecule has 19 heavy (non-hydrogen) atoms. The Morgan fingerprint density at radius 1 is 1.58 bits per heavy atom. The summed E-state index contributed by atoms with van der Waals surface area (Å²) in [7, 11) is 1.75. The van der Waals surface area contributed by atoms with E-state index in [0.29, 0.717) is 17.8 Å². The first-order valence-corrected chi connectivity index (χ1v) is 6.56. The molecular weight excluding hydrogens is 262 g/mol. The van der Waals surface area contributed by atoms with Crippen molar-refractivity contribution in [2.75, 3.05) is 12.5 Å². The molecule has 0 aromatic carbocycles. The lowest BCUT2D eigenvalue weighted by Crippen LogP contribution is -2.27. The second-order valence-corrected chi connectivity index (χ2v) is 5.03. The Labute approximate surface area is 115 Å². The van der Waals surface area contributed by atoms with Crippen molar-refractivity contribution in [2.24, 2.45) is 5.84 Å². The number of nitrogens with zero attached hydrogens (tertiary/aromatic N) is 3. The van der Waals surface area contributed by atoms with Gasteiger partial charge in [0.2, 0.25) is 0 Å². The fraction of sp³-hybridized carbons (Fsp3) is 0.250. The van der Waals surface area contributed by atoms with Crippen LogP contribution in [0.1, 0.15) is 20.9 Å². The zero-order valence-electron chi connectivity index (χ0n) is 10.8. The fourth-order valence-electron chi connectivity index (χ4n) is 1.67. The summed E-state index contributed by atoms with van der Waals surface area (Å²) in [4.78, 5) is 23.2. The van der Waals surface area contributed by atoms with Crippen molar-refractivity contribution in [3.63, 3.8) is 0 Å². The number of nitrogens with one attached hydrogen (secondary N) is 1. The van der Waals surface area contributed by atoms with E-state index >= 15 is 0 Å². The van der Waals surface area contributed by atoms with Gasteiger partial charge in [0.15, 0.2) is 0 Å². The molecule has 2 aromatic rings. The molecule has 0 fully saturated rings. The van der Waals surface area contributed by atoms with Gasteiger partial charge >= 0.3 is 0 Å². The van der Waals surface area contributed by atoms with Gasteiger partial charge < -0.3 is 10.3 Å². The quantitative estimate of drug-likeness (QED) is 0.652. The maximum atomic E-state index is 12.3. The van der Waals surface area contributed by atoms with Crippen molar-refractivity contribution < 1.29 is 4.79 Å². The third kappa shape index (κ3) is 2.88. The summed E-state index contributed by atoms with van der Waals surface area (Å²) in [5, 5.41) is 0. The van der Waals surface area contributed by atoms with Gasteiger partial charge in [-0.25, -0.2) is 4.98 Å². The largest absolute Gasteiger partial charge is 0.336 e. The molecule has 7 heteroatoms. The lowest BCUT2D eigenvalue weighted by molar-refractivity contribution is 0.0787. The molecule has 0 bridgehead atoms. The van der Waals surface area contributed by atoms with Crippen LogP contribution in [-0.2, 0) is 6.54 Å². The van der Waals surface area contributed by atoms with Crippen LogP contribution in [0.4, 0.5) is 5.69 Å². The normalized spacial score (nSPS) is 10.3. The van der Waals surface area contributed by atoms with Gasteiger partial charge in [-0.2, -0.15) is 0 Å². The van der Waals surface area contributed by atoms with Gasteiger partial charge in [-0.3, -0.25) is 15.6 Å². The van der Waals surface area contributed by atoms with Gasteiger partial charge in [0.05, 0.1) is 35.2 Å². The minimum Gasteiger partial charge on any atom is -0.336 e.